The van der Waals surface area contributed by atoms with E-state index >= 15 is 0 Å². The van der Waals surface area contributed by atoms with Crippen LogP contribution in [0.15, 0.2) is 0 Å². The van der Waals surface area contributed by atoms with E-state index in [0.717, 1.165) is 18.1 Å². The van der Waals surface area contributed by atoms with Gasteiger partial charge in [-0.2, -0.15) is 0 Å². The number of hydrogen-bond acceptors (Lipinski definition) is 3. The molecule has 1 rings (SSSR count). The first-order valence-corrected chi connectivity index (χ1v) is 5.99. The minimum Gasteiger partial charge on any atom is -0.366 e. The summed E-state index contributed by atoms with van der Waals surface area (Å²) in [5.41, 5.74) is 0. The van der Waals surface area contributed by atoms with E-state index in [4.69, 9.17) is 12.2 Å². The van der Waals surface area contributed by atoms with E-state index in [-0.39, 0.29) is 0 Å². The second kappa shape index (κ2) is 6.98. The normalized spacial score (nSPS) is 18.8. The fourth-order valence-electron chi connectivity index (χ4n) is 1.66. The molecular weight excluding hydrogens is 208 g/mol. The van der Waals surface area contributed by atoms with Crippen LogP contribution in [0.1, 0.15) is 6.42 Å². The van der Waals surface area contributed by atoms with Gasteiger partial charge >= 0.3 is 0 Å². The van der Waals surface area contributed by atoms with Gasteiger partial charge in [0, 0.05) is 39.8 Å². The Bertz CT molecular complexity index is 190. The van der Waals surface area contributed by atoms with Gasteiger partial charge in [0.1, 0.15) is 0 Å². The van der Waals surface area contributed by atoms with E-state index in [9.17, 15) is 0 Å². The molecule has 0 atom stereocenters. The lowest BCUT2D eigenvalue weighted by atomic mass is 10.3. The fourth-order valence-corrected chi connectivity index (χ4v) is 1.77. The lowest BCUT2D eigenvalue weighted by Gasteiger charge is -2.32. The molecule has 1 aliphatic heterocycles. The number of rotatable bonds is 4. The van der Waals surface area contributed by atoms with Crippen molar-refractivity contribution in [1.82, 2.24) is 20.4 Å². The highest BCUT2D eigenvalue weighted by Gasteiger charge is 2.12. The van der Waals surface area contributed by atoms with Crippen molar-refractivity contribution >= 4 is 17.3 Å². The largest absolute Gasteiger partial charge is 0.366 e. The number of nitrogens with one attached hydrogen (secondary N) is 2. The Morgan fingerprint density at radius 3 is 2.53 bits per heavy atom. The first-order valence-electron chi connectivity index (χ1n) is 5.59. The van der Waals surface area contributed by atoms with Gasteiger partial charge < -0.3 is 20.4 Å². The zero-order chi connectivity index (χ0) is 11.1. The van der Waals surface area contributed by atoms with Gasteiger partial charge in [-0.05, 0) is 32.2 Å². The Morgan fingerprint density at radius 2 is 1.93 bits per heavy atom. The Hall–Kier alpha value is -0.390. The monoisotopic (exact) mass is 230 g/mol. The highest BCUT2D eigenvalue weighted by Crippen LogP contribution is 1.99. The Morgan fingerprint density at radius 1 is 1.27 bits per heavy atom. The van der Waals surface area contributed by atoms with Crippen LogP contribution in [-0.4, -0.2) is 68.3 Å². The molecule has 1 heterocycles. The Labute approximate surface area is 98.0 Å². The summed E-state index contributed by atoms with van der Waals surface area (Å²) in [6.45, 7) is 6.93. The van der Waals surface area contributed by atoms with E-state index in [0.29, 0.717) is 0 Å². The van der Waals surface area contributed by atoms with Gasteiger partial charge in [-0.1, -0.05) is 0 Å². The maximum absolute atomic E-state index is 5.00. The van der Waals surface area contributed by atoms with Crippen LogP contribution in [0.3, 0.4) is 0 Å². The highest BCUT2D eigenvalue weighted by atomic mass is 32.1. The van der Waals surface area contributed by atoms with Gasteiger partial charge in [0.2, 0.25) is 0 Å². The molecule has 15 heavy (non-hydrogen) atoms. The standard InChI is InChI=1S/C10H22N4S/c1-11-10(15)12-4-3-5-14-8-6-13(2)7-9-14/h3-9H2,1-2H3,(H2,11,12,15). The lowest BCUT2D eigenvalue weighted by molar-refractivity contribution is 0.153. The zero-order valence-electron chi connectivity index (χ0n) is 9.75. The molecule has 1 saturated heterocycles. The number of piperazine rings is 1. The second-order valence-electron chi connectivity index (χ2n) is 4.00. The van der Waals surface area contributed by atoms with Crippen LogP contribution in [0.5, 0.6) is 0 Å². The van der Waals surface area contributed by atoms with Crippen molar-refractivity contribution in [2.75, 3.05) is 53.4 Å². The van der Waals surface area contributed by atoms with Crippen LogP contribution < -0.4 is 10.6 Å². The summed E-state index contributed by atoms with van der Waals surface area (Å²) in [6, 6.07) is 0. The predicted octanol–water partition coefficient (Wildman–Crippen LogP) is -0.282. The topological polar surface area (TPSA) is 30.5 Å². The molecule has 0 aromatic rings. The van der Waals surface area contributed by atoms with Gasteiger partial charge in [-0.25, -0.2) is 0 Å². The van der Waals surface area contributed by atoms with Crippen molar-refractivity contribution in [2.24, 2.45) is 0 Å². The average Bonchev–Trinajstić information content (AvgIpc) is 2.26. The molecule has 0 amide bonds. The summed E-state index contributed by atoms with van der Waals surface area (Å²) in [7, 11) is 4.03. The molecule has 88 valence electrons. The lowest BCUT2D eigenvalue weighted by Crippen LogP contribution is -2.45. The zero-order valence-corrected chi connectivity index (χ0v) is 10.6. The van der Waals surface area contributed by atoms with Crippen LogP contribution in [0, 0.1) is 0 Å². The van der Waals surface area contributed by atoms with Gasteiger partial charge in [-0.3, -0.25) is 0 Å². The van der Waals surface area contributed by atoms with Crippen molar-refractivity contribution in [3.63, 3.8) is 0 Å². The number of nitrogens with zero attached hydrogens (tertiary/aromatic N) is 2. The van der Waals surface area contributed by atoms with Crippen molar-refractivity contribution in [3.05, 3.63) is 0 Å². The van der Waals surface area contributed by atoms with Gasteiger partial charge in [0.25, 0.3) is 0 Å². The molecule has 0 aromatic heterocycles. The van der Waals surface area contributed by atoms with E-state index < -0.39 is 0 Å². The molecule has 2 N–H and O–H groups in total. The maximum atomic E-state index is 5.00. The molecule has 0 aliphatic carbocycles. The van der Waals surface area contributed by atoms with Crippen LogP contribution in [-0.2, 0) is 0 Å². The average molecular weight is 230 g/mol. The predicted molar refractivity (Wildman–Crippen MR) is 68.2 cm³/mol. The van der Waals surface area contributed by atoms with Crippen LogP contribution in [0.2, 0.25) is 0 Å². The van der Waals surface area contributed by atoms with Crippen molar-refractivity contribution < 1.29 is 0 Å². The summed E-state index contributed by atoms with van der Waals surface area (Å²) in [4.78, 5) is 4.90. The molecule has 0 spiro atoms. The van der Waals surface area contributed by atoms with Gasteiger partial charge in [0.05, 0.1) is 0 Å². The summed E-state index contributed by atoms with van der Waals surface area (Å²) in [6.07, 6.45) is 1.16. The first kappa shape index (κ1) is 12.7. The highest BCUT2D eigenvalue weighted by molar-refractivity contribution is 7.80. The van der Waals surface area contributed by atoms with E-state index in [1.54, 1.807) is 0 Å². The molecule has 0 unspecified atom stereocenters. The van der Waals surface area contributed by atoms with Gasteiger partial charge in [0.15, 0.2) is 5.11 Å². The summed E-state index contributed by atoms with van der Waals surface area (Å²) < 4.78 is 0. The SMILES string of the molecule is CNC(=S)NCCCN1CCN(C)CC1. The maximum Gasteiger partial charge on any atom is 0.166 e. The van der Waals surface area contributed by atoms with Crippen molar-refractivity contribution in [3.8, 4) is 0 Å². The smallest absolute Gasteiger partial charge is 0.166 e. The molecule has 1 aliphatic rings. The number of hydrogen-bond donors (Lipinski definition) is 2. The minimum atomic E-state index is 0.744. The first-order chi connectivity index (χ1) is 7.22. The third-order valence-electron chi connectivity index (χ3n) is 2.76. The summed E-state index contributed by atoms with van der Waals surface area (Å²) >= 11 is 5.00. The molecule has 0 aromatic carbocycles. The molecule has 1 fully saturated rings. The fraction of sp³-hybridized carbons (Fsp3) is 0.900. The summed E-state index contributed by atoms with van der Waals surface area (Å²) in [5.74, 6) is 0. The van der Waals surface area contributed by atoms with Gasteiger partial charge in [-0.15, -0.1) is 0 Å². The molecule has 4 nitrogen and oxygen atoms in total. The molecule has 5 heteroatoms. The number of thiocarbonyl (C=S) groups is 1. The van der Waals surface area contributed by atoms with Crippen molar-refractivity contribution in [1.29, 1.82) is 0 Å². The Balaban J connectivity index is 1.98. The third kappa shape index (κ3) is 5.30. The number of likely N-dealkylation sites (N-methyl/N-ethyl adjacent to an activating group) is 1. The van der Waals surface area contributed by atoms with Crippen LogP contribution in [0.25, 0.3) is 0 Å². The van der Waals surface area contributed by atoms with E-state index in [2.05, 4.69) is 27.5 Å². The molecule has 0 saturated carbocycles. The quantitative estimate of drug-likeness (QED) is 0.512. The summed E-state index contributed by atoms with van der Waals surface area (Å²) in [5, 5.41) is 6.82. The molecular formula is C10H22N4S. The van der Waals surface area contributed by atoms with Crippen LogP contribution in [0.4, 0.5) is 0 Å². The van der Waals surface area contributed by atoms with Crippen molar-refractivity contribution in [2.45, 2.75) is 6.42 Å². The molecule has 0 radical (unpaired) electrons. The van der Waals surface area contributed by atoms with E-state index in [1.165, 1.54) is 32.7 Å². The van der Waals surface area contributed by atoms with Crippen LogP contribution >= 0.6 is 12.2 Å². The third-order valence-corrected chi connectivity index (χ3v) is 3.11. The Kier molecular flexibility index (Phi) is 5.90. The minimum absolute atomic E-state index is 0.744. The molecule has 0 bridgehead atoms. The second-order valence-corrected chi connectivity index (χ2v) is 4.41. The van der Waals surface area contributed by atoms with E-state index in [1.807, 2.05) is 7.05 Å².